The quantitative estimate of drug-likeness (QED) is 0.146. The normalized spacial score (nSPS) is 10.1. The van der Waals surface area contributed by atoms with Gasteiger partial charge in [-0.1, -0.05) is 0 Å². The molecule has 0 aromatic carbocycles. The van der Waals surface area contributed by atoms with Gasteiger partial charge in [0, 0.05) is 0 Å². The van der Waals surface area contributed by atoms with Crippen LogP contribution in [0.4, 0.5) is 0 Å². The number of allylic oxidation sites excluding steroid dienone is 1. The van der Waals surface area contributed by atoms with E-state index in [1.807, 2.05) is 4.93 Å². The molecule has 0 rings (SSSR count). The van der Waals surface area contributed by atoms with Crippen LogP contribution in [0, 0.1) is 5.41 Å². The fourth-order valence-corrected chi connectivity index (χ4v) is 1.34. The zero-order valence-electron chi connectivity index (χ0n) is 5.63. The number of halogens is 1. The molecular formula is C6H9INO2-. The van der Waals surface area contributed by atoms with E-state index >= 15 is 0 Å². The summed E-state index contributed by atoms with van der Waals surface area (Å²) in [5.74, 6) is 0.0807. The molecule has 0 aromatic heterocycles. The Labute approximate surface area is 70.2 Å². The molecule has 10 heavy (non-hydrogen) atoms. The van der Waals surface area contributed by atoms with E-state index in [0.717, 1.165) is 6.40 Å². The summed E-state index contributed by atoms with van der Waals surface area (Å²) in [5.41, 5.74) is 0. The molecule has 0 unspecified atom stereocenters. The van der Waals surface area contributed by atoms with Gasteiger partial charge in [-0.15, -0.1) is 0 Å². The Morgan fingerprint density at radius 1 is 1.80 bits per heavy atom. The number of alkyl halides is 2. The number of carbonyl (C=O) groups excluding carboxylic acids is 1. The van der Waals surface area contributed by atoms with Gasteiger partial charge in [0.15, 0.2) is 0 Å². The average Bonchev–Trinajstić information content (AvgIpc) is 1.89. The fraction of sp³-hybridized carbons (Fsp3) is 0.333. The van der Waals surface area contributed by atoms with E-state index in [1.165, 1.54) is 12.3 Å². The molecule has 0 spiro atoms. The predicted octanol–water partition coefficient (Wildman–Crippen LogP) is -2.59. The Morgan fingerprint density at radius 2 is 2.50 bits per heavy atom. The van der Waals surface area contributed by atoms with Gasteiger partial charge in [0.2, 0.25) is 0 Å². The molecule has 1 N–H and O–H groups in total. The molecule has 0 saturated heterocycles. The van der Waals surface area contributed by atoms with Crippen molar-refractivity contribution in [2.75, 3.05) is 9.36 Å². The van der Waals surface area contributed by atoms with E-state index in [1.54, 1.807) is 0 Å². The van der Waals surface area contributed by atoms with E-state index in [2.05, 4.69) is 4.74 Å². The van der Waals surface area contributed by atoms with Crippen LogP contribution in [0.5, 0.6) is 0 Å². The molecule has 3 nitrogen and oxygen atoms in total. The van der Waals surface area contributed by atoms with Crippen molar-refractivity contribution in [3.8, 4) is 0 Å². The van der Waals surface area contributed by atoms with Crippen molar-refractivity contribution in [3.63, 3.8) is 0 Å². The first-order valence-corrected chi connectivity index (χ1v) is 6.27. The van der Waals surface area contributed by atoms with Crippen LogP contribution in [-0.2, 0) is 9.53 Å². The Bertz CT molecular complexity index is 145. The van der Waals surface area contributed by atoms with E-state index in [4.69, 9.17) is 5.41 Å². The molecule has 0 aliphatic rings. The molecule has 58 valence electrons. The standard InChI is InChI=1S/C6H9INO2/c1-7-4-6(9)2-3-10-5-8/h2-3,5,8H,4H2,1H3/q-1/b3-2+,8-5?. The monoisotopic (exact) mass is 254 g/mol. The summed E-state index contributed by atoms with van der Waals surface area (Å²) >= 11 is 0.0315. The first-order valence-electron chi connectivity index (χ1n) is 2.58. The molecule has 0 saturated carbocycles. The van der Waals surface area contributed by atoms with Crippen LogP contribution < -0.4 is 21.2 Å². The molecule has 0 atom stereocenters. The molecule has 0 aromatic rings. The van der Waals surface area contributed by atoms with Gasteiger partial charge in [0.25, 0.3) is 0 Å². The Hall–Kier alpha value is -0.390. The zero-order valence-corrected chi connectivity index (χ0v) is 7.79. The molecule has 0 amide bonds. The third kappa shape index (κ3) is 5.74. The van der Waals surface area contributed by atoms with Gasteiger partial charge in [-0.05, 0) is 0 Å². The number of rotatable bonds is 5. The van der Waals surface area contributed by atoms with E-state index in [0.29, 0.717) is 4.43 Å². The van der Waals surface area contributed by atoms with Gasteiger partial charge in [-0.2, -0.15) is 0 Å². The summed E-state index contributed by atoms with van der Waals surface area (Å²) in [4.78, 5) is 12.7. The number of hydrogen-bond acceptors (Lipinski definition) is 3. The van der Waals surface area contributed by atoms with Crippen molar-refractivity contribution in [1.29, 1.82) is 5.41 Å². The van der Waals surface area contributed by atoms with Crippen LogP contribution in [0.3, 0.4) is 0 Å². The second-order valence-electron chi connectivity index (χ2n) is 1.42. The summed E-state index contributed by atoms with van der Waals surface area (Å²) < 4.78 is 5.05. The van der Waals surface area contributed by atoms with Crippen LogP contribution in [0.25, 0.3) is 0 Å². The molecule has 0 aliphatic heterocycles. The van der Waals surface area contributed by atoms with E-state index < -0.39 is 0 Å². The van der Waals surface area contributed by atoms with Crippen LogP contribution in [0.2, 0.25) is 0 Å². The van der Waals surface area contributed by atoms with Crippen molar-refractivity contribution in [2.45, 2.75) is 0 Å². The van der Waals surface area contributed by atoms with Gasteiger partial charge in [0.1, 0.15) is 0 Å². The van der Waals surface area contributed by atoms with Crippen molar-refractivity contribution in [3.05, 3.63) is 12.3 Å². The van der Waals surface area contributed by atoms with Crippen molar-refractivity contribution < 1.29 is 30.7 Å². The Kier molecular flexibility index (Phi) is 6.46. The Morgan fingerprint density at radius 3 is 3.00 bits per heavy atom. The second-order valence-corrected chi connectivity index (χ2v) is 3.71. The van der Waals surface area contributed by atoms with Gasteiger partial charge >= 0.3 is 70.0 Å². The second kappa shape index (κ2) is 6.73. The van der Waals surface area contributed by atoms with Crippen LogP contribution >= 0.6 is 0 Å². The molecule has 0 heterocycles. The number of carbonyl (C=O) groups is 1. The first kappa shape index (κ1) is 9.61. The summed E-state index contributed by atoms with van der Waals surface area (Å²) in [6, 6.07) is 0. The summed E-state index contributed by atoms with van der Waals surface area (Å²) in [6.07, 6.45) is 3.37. The predicted molar refractivity (Wildman–Crippen MR) is 34.8 cm³/mol. The van der Waals surface area contributed by atoms with Crippen LogP contribution in [0.15, 0.2) is 12.3 Å². The first-order chi connectivity index (χ1) is 4.81. The fourth-order valence-electron chi connectivity index (χ4n) is 0.331. The summed E-state index contributed by atoms with van der Waals surface area (Å²) in [5, 5.41) is 6.45. The summed E-state index contributed by atoms with van der Waals surface area (Å²) in [7, 11) is 0. The van der Waals surface area contributed by atoms with Crippen molar-refractivity contribution in [1.82, 2.24) is 0 Å². The van der Waals surface area contributed by atoms with E-state index in [9.17, 15) is 4.79 Å². The van der Waals surface area contributed by atoms with Crippen LogP contribution in [0.1, 0.15) is 0 Å². The molecule has 4 heteroatoms. The van der Waals surface area contributed by atoms with Gasteiger partial charge in [-0.25, -0.2) is 0 Å². The minimum absolute atomic E-state index is 0.0315. The number of ether oxygens (including phenoxy) is 1. The average molecular weight is 254 g/mol. The number of hydrogen-bond donors (Lipinski definition) is 1. The van der Waals surface area contributed by atoms with Gasteiger partial charge < -0.3 is 0 Å². The van der Waals surface area contributed by atoms with Crippen molar-refractivity contribution >= 4 is 12.2 Å². The maximum atomic E-state index is 10.7. The van der Waals surface area contributed by atoms with Crippen molar-refractivity contribution in [2.24, 2.45) is 0 Å². The molecule has 0 aliphatic carbocycles. The minimum atomic E-state index is 0.0315. The number of nitrogens with one attached hydrogen (secondary N) is 1. The summed E-state index contributed by atoms with van der Waals surface area (Å²) in [6.45, 7) is 0. The van der Waals surface area contributed by atoms with Gasteiger partial charge in [-0.3, -0.25) is 0 Å². The zero-order chi connectivity index (χ0) is 7.82. The molecule has 0 fully saturated rings. The number of ketones is 1. The third-order valence-corrected chi connectivity index (χ3v) is 2.18. The SMILES string of the molecule is C[I-]CC(=O)/C=C/OC=N. The van der Waals surface area contributed by atoms with Crippen LogP contribution in [-0.4, -0.2) is 21.5 Å². The molecule has 0 bridgehead atoms. The topological polar surface area (TPSA) is 50.2 Å². The maximum absolute atomic E-state index is 10.7. The third-order valence-electron chi connectivity index (χ3n) is 0.666. The Balaban J connectivity index is 3.45. The molecule has 0 radical (unpaired) electrons. The molecular weight excluding hydrogens is 245 g/mol. The van der Waals surface area contributed by atoms with E-state index in [-0.39, 0.29) is 27.0 Å². The van der Waals surface area contributed by atoms with Gasteiger partial charge in [0.05, 0.1) is 0 Å².